The standard InChI is InChI=1S/C32H46O6/c1-4-7-10-12-17-27(36-26-18-13-11-14-19-26)20-16-25-35-28-21-15-22-29(37-30(33)23-8-5-2)32(28)38-31(34)24-9-6-3/h11,13-15,18-19,21-22,27H,4-10,12,16-17,20,23-25H2,1-3H3. The molecule has 6 nitrogen and oxygen atoms in total. The fraction of sp³-hybridized carbons (Fsp3) is 0.562. The van der Waals surface area contributed by atoms with Gasteiger partial charge in [0.25, 0.3) is 0 Å². The molecule has 0 radical (unpaired) electrons. The third kappa shape index (κ3) is 12.5. The summed E-state index contributed by atoms with van der Waals surface area (Å²) < 4.78 is 23.5. The van der Waals surface area contributed by atoms with Crippen molar-refractivity contribution in [1.82, 2.24) is 0 Å². The van der Waals surface area contributed by atoms with Gasteiger partial charge in [-0.1, -0.05) is 77.1 Å². The zero-order chi connectivity index (χ0) is 27.4. The minimum Gasteiger partial charge on any atom is -0.490 e. The first-order chi connectivity index (χ1) is 18.6. The molecule has 1 unspecified atom stereocenters. The highest BCUT2D eigenvalue weighted by Gasteiger charge is 2.19. The third-order valence-corrected chi connectivity index (χ3v) is 6.20. The molecule has 0 aliphatic heterocycles. The Balaban J connectivity index is 2.03. The molecule has 0 heterocycles. The van der Waals surface area contributed by atoms with Gasteiger partial charge < -0.3 is 18.9 Å². The first-order valence-corrected chi connectivity index (χ1v) is 14.5. The molecule has 1 atom stereocenters. The van der Waals surface area contributed by atoms with Crippen LogP contribution in [-0.4, -0.2) is 24.6 Å². The molecular formula is C32H46O6. The van der Waals surface area contributed by atoms with Gasteiger partial charge in [0, 0.05) is 12.8 Å². The molecule has 0 aliphatic rings. The molecule has 2 aromatic carbocycles. The maximum Gasteiger partial charge on any atom is 0.311 e. The van der Waals surface area contributed by atoms with Gasteiger partial charge in [-0.05, 0) is 62.8 Å². The second kappa shape index (κ2) is 19.1. The van der Waals surface area contributed by atoms with Crippen molar-refractivity contribution < 1.29 is 28.5 Å². The highest BCUT2D eigenvalue weighted by Crippen LogP contribution is 2.38. The molecule has 0 saturated carbocycles. The van der Waals surface area contributed by atoms with Crippen LogP contribution in [0.2, 0.25) is 0 Å². The van der Waals surface area contributed by atoms with Crippen LogP contribution < -0.4 is 18.9 Å². The van der Waals surface area contributed by atoms with E-state index in [1.807, 2.05) is 44.2 Å². The Morgan fingerprint density at radius 2 is 1.29 bits per heavy atom. The quantitative estimate of drug-likeness (QED) is 0.0979. The molecule has 0 amide bonds. The van der Waals surface area contributed by atoms with Crippen LogP contribution in [0, 0.1) is 0 Å². The normalized spacial score (nSPS) is 11.6. The summed E-state index contributed by atoms with van der Waals surface area (Å²) in [6.07, 6.45) is 11.4. The molecule has 210 valence electrons. The third-order valence-electron chi connectivity index (χ3n) is 6.20. The summed E-state index contributed by atoms with van der Waals surface area (Å²) in [7, 11) is 0. The van der Waals surface area contributed by atoms with Crippen molar-refractivity contribution in [2.75, 3.05) is 6.61 Å². The van der Waals surface area contributed by atoms with Gasteiger partial charge in [0.15, 0.2) is 11.5 Å². The zero-order valence-electron chi connectivity index (χ0n) is 23.5. The van der Waals surface area contributed by atoms with Gasteiger partial charge in [0.2, 0.25) is 5.75 Å². The van der Waals surface area contributed by atoms with E-state index in [0.29, 0.717) is 25.2 Å². The van der Waals surface area contributed by atoms with E-state index in [2.05, 4.69) is 6.92 Å². The summed E-state index contributed by atoms with van der Waals surface area (Å²) in [5, 5.41) is 0. The Morgan fingerprint density at radius 3 is 1.97 bits per heavy atom. The number of carbonyl (C=O) groups excluding carboxylic acids is 2. The van der Waals surface area contributed by atoms with E-state index in [-0.39, 0.29) is 29.5 Å². The Labute approximate surface area is 229 Å². The van der Waals surface area contributed by atoms with E-state index in [9.17, 15) is 9.59 Å². The number of para-hydroxylation sites is 2. The SMILES string of the molecule is CCCCCCC(CCCOc1cccc(OC(=O)CCCC)c1OC(=O)CCCC)Oc1ccccc1. The molecule has 2 rings (SSSR count). The monoisotopic (exact) mass is 526 g/mol. The lowest BCUT2D eigenvalue weighted by Gasteiger charge is -2.20. The number of esters is 2. The number of hydrogen-bond donors (Lipinski definition) is 0. The number of carbonyl (C=O) groups is 2. The van der Waals surface area contributed by atoms with Crippen LogP contribution in [0.4, 0.5) is 0 Å². The van der Waals surface area contributed by atoms with Gasteiger partial charge in [-0.3, -0.25) is 9.59 Å². The zero-order valence-corrected chi connectivity index (χ0v) is 23.5. The average Bonchev–Trinajstić information content (AvgIpc) is 2.92. The smallest absolute Gasteiger partial charge is 0.311 e. The number of rotatable bonds is 20. The lowest BCUT2D eigenvalue weighted by molar-refractivity contribution is -0.137. The maximum atomic E-state index is 12.4. The molecule has 6 heteroatoms. The van der Waals surface area contributed by atoms with E-state index >= 15 is 0 Å². The number of benzene rings is 2. The van der Waals surface area contributed by atoms with E-state index in [0.717, 1.165) is 57.1 Å². The van der Waals surface area contributed by atoms with Gasteiger partial charge in [-0.2, -0.15) is 0 Å². The van der Waals surface area contributed by atoms with Crippen LogP contribution in [0.1, 0.15) is 104 Å². The van der Waals surface area contributed by atoms with Gasteiger partial charge in [-0.25, -0.2) is 0 Å². The molecule has 0 aromatic heterocycles. The van der Waals surface area contributed by atoms with Gasteiger partial charge in [0.1, 0.15) is 5.75 Å². The summed E-state index contributed by atoms with van der Waals surface area (Å²) in [5.41, 5.74) is 0. The Kier molecular flexibility index (Phi) is 15.7. The minimum atomic E-state index is -0.364. The predicted molar refractivity (Wildman–Crippen MR) is 151 cm³/mol. The van der Waals surface area contributed by atoms with Crippen LogP contribution in [0.5, 0.6) is 23.0 Å². The van der Waals surface area contributed by atoms with Crippen LogP contribution in [0.3, 0.4) is 0 Å². The van der Waals surface area contributed by atoms with E-state index < -0.39 is 0 Å². The average molecular weight is 527 g/mol. The summed E-state index contributed by atoms with van der Waals surface area (Å²) in [6.45, 7) is 6.68. The highest BCUT2D eigenvalue weighted by molar-refractivity contribution is 5.77. The maximum absolute atomic E-state index is 12.4. The molecule has 0 spiro atoms. The first kappa shape index (κ1) is 31.2. The molecule has 0 fully saturated rings. The van der Waals surface area contributed by atoms with E-state index in [1.54, 1.807) is 18.2 Å². The van der Waals surface area contributed by atoms with Crippen molar-refractivity contribution in [3.8, 4) is 23.0 Å². The predicted octanol–water partition coefficient (Wildman–Crippen LogP) is 8.45. The van der Waals surface area contributed by atoms with E-state index in [4.69, 9.17) is 18.9 Å². The van der Waals surface area contributed by atoms with Gasteiger partial charge in [-0.15, -0.1) is 0 Å². The fourth-order valence-electron chi connectivity index (χ4n) is 4.02. The van der Waals surface area contributed by atoms with Crippen molar-refractivity contribution in [2.45, 2.75) is 110 Å². The Morgan fingerprint density at radius 1 is 0.658 bits per heavy atom. The molecule has 38 heavy (non-hydrogen) atoms. The summed E-state index contributed by atoms with van der Waals surface area (Å²) in [5.74, 6) is 0.965. The van der Waals surface area contributed by atoms with Crippen LogP contribution in [0.15, 0.2) is 48.5 Å². The lowest BCUT2D eigenvalue weighted by Crippen LogP contribution is -2.18. The molecule has 0 bridgehead atoms. The number of hydrogen-bond acceptors (Lipinski definition) is 6. The summed E-state index contributed by atoms with van der Waals surface area (Å²) >= 11 is 0. The van der Waals surface area contributed by atoms with Gasteiger partial charge >= 0.3 is 11.9 Å². The van der Waals surface area contributed by atoms with Crippen molar-refractivity contribution >= 4 is 11.9 Å². The van der Waals surface area contributed by atoms with Crippen LogP contribution in [0.25, 0.3) is 0 Å². The lowest BCUT2D eigenvalue weighted by atomic mass is 10.1. The second-order valence-electron chi connectivity index (χ2n) is 9.63. The van der Waals surface area contributed by atoms with Gasteiger partial charge in [0.05, 0.1) is 12.7 Å². The second-order valence-corrected chi connectivity index (χ2v) is 9.63. The topological polar surface area (TPSA) is 71.1 Å². The van der Waals surface area contributed by atoms with Crippen molar-refractivity contribution in [2.24, 2.45) is 0 Å². The van der Waals surface area contributed by atoms with Crippen molar-refractivity contribution in [1.29, 1.82) is 0 Å². The highest BCUT2D eigenvalue weighted by atomic mass is 16.6. The largest absolute Gasteiger partial charge is 0.490 e. The summed E-state index contributed by atoms with van der Waals surface area (Å²) in [6, 6.07) is 15.1. The van der Waals surface area contributed by atoms with Crippen LogP contribution in [-0.2, 0) is 9.59 Å². The molecule has 0 saturated heterocycles. The van der Waals surface area contributed by atoms with Crippen molar-refractivity contribution in [3.63, 3.8) is 0 Å². The minimum absolute atomic E-state index is 0.107. The molecular weight excluding hydrogens is 480 g/mol. The molecule has 0 aliphatic carbocycles. The fourth-order valence-corrected chi connectivity index (χ4v) is 4.02. The number of unbranched alkanes of at least 4 members (excludes halogenated alkanes) is 5. The Bertz CT molecular complexity index is 927. The van der Waals surface area contributed by atoms with Crippen molar-refractivity contribution in [3.05, 3.63) is 48.5 Å². The Hall–Kier alpha value is -3.02. The summed E-state index contributed by atoms with van der Waals surface area (Å²) in [4.78, 5) is 24.7. The molecule has 0 N–H and O–H groups in total. The first-order valence-electron chi connectivity index (χ1n) is 14.5. The molecule has 2 aromatic rings. The van der Waals surface area contributed by atoms with Crippen LogP contribution >= 0.6 is 0 Å². The number of ether oxygens (including phenoxy) is 4. The van der Waals surface area contributed by atoms with E-state index in [1.165, 1.54) is 19.3 Å².